The topological polar surface area (TPSA) is 23.3 Å². The van der Waals surface area contributed by atoms with Crippen LogP contribution < -0.4 is 0 Å². The van der Waals surface area contributed by atoms with Crippen molar-refractivity contribution < 1.29 is 0 Å². The summed E-state index contributed by atoms with van der Waals surface area (Å²) in [6.45, 7) is 5.33. The molecular formula is C49H40N4. The normalized spacial score (nSPS) is 17.3. The second-order valence-corrected chi connectivity index (χ2v) is 14.9. The lowest BCUT2D eigenvalue weighted by Crippen LogP contribution is -2.17. The van der Waals surface area contributed by atoms with Gasteiger partial charge in [0.1, 0.15) is 12.0 Å². The lowest BCUT2D eigenvalue weighted by atomic mass is 9.82. The largest absolute Gasteiger partial charge is 0.309 e. The summed E-state index contributed by atoms with van der Waals surface area (Å²) < 4.78 is 2.47. The molecule has 53 heavy (non-hydrogen) atoms. The maximum absolute atomic E-state index is 5.33. The number of nitrogens with zero attached hydrogens (tertiary/aromatic N) is 4. The Labute approximate surface area is 310 Å². The molecule has 0 spiro atoms. The van der Waals surface area contributed by atoms with Gasteiger partial charge >= 0.3 is 0 Å². The highest BCUT2D eigenvalue weighted by Gasteiger charge is 2.46. The number of hydrazine groups is 1. The van der Waals surface area contributed by atoms with Crippen LogP contribution in [0.1, 0.15) is 47.8 Å². The number of amidine groups is 1. The number of benzene rings is 7. The second-order valence-electron chi connectivity index (χ2n) is 14.9. The van der Waals surface area contributed by atoms with Gasteiger partial charge in [0.05, 0.1) is 17.6 Å². The smallest absolute Gasteiger partial charge is 0.147 e. The van der Waals surface area contributed by atoms with Gasteiger partial charge in [-0.2, -0.15) is 5.01 Å². The predicted molar refractivity (Wildman–Crippen MR) is 219 cm³/mol. The third kappa shape index (κ3) is 5.13. The van der Waals surface area contributed by atoms with E-state index < -0.39 is 0 Å². The zero-order chi connectivity index (χ0) is 35.7. The fraction of sp³-hybridized carbons (Fsp3) is 0.122. The lowest BCUT2D eigenvalue weighted by Gasteiger charge is -2.21. The SMILES string of the molecule is CN1C(c2ccccc2)N1C(=NCc1ccccc1)c1cccc(-n2c3ccc(-c4ccccc4)cc3c3cc4c(cc32)C(C)(C)c2ccccc2-4)c1. The summed E-state index contributed by atoms with van der Waals surface area (Å²) in [5.41, 5.74) is 14.8. The highest BCUT2D eigenvalue weighted by Crippen LogP contribution is 2.51. The summed E-state index contributed by atoms with van der Waals surface area (Å²) in [7, 11) is 2.15. The van der Waals surface area contributed by atoms with Crippen molar-refractivity contribution in [1.82, 2.24) is 14.6 Å². The van der Waals surface area contributed by atoms with Crippen LogP contribution in [0, 0.1) is 0 Å². The Morgan fingerprint density at radius 3 is 2.08 bits per heavy atom. The molecule has 2 aliphatic rings. The molecule has 2 atom stereocenters. The van der Waals surface area contributed by atoms with E-state index in [1.165, 1.54) is 66.3 Å². The molecule has 10 rings (SSSR count). The van der Waals surface area contributed by atoms with Crippen LogP contribution in [0.15, 0.2) is 175 Å². The van der Waals surface area contributed by atoms with Gasteiger partial charge in [-0.05, 0) is 80.9 Å². The highest BCUT2D eigenvalue weighted by molar-refractivity contribution is 6.13. The summed E-state index contributed by atoms with van der Waals surface area (Å²) in [5.74, 6) is 0.969. The molecule has 1 aliphatic carbocycles. The van der Waals surface area contributed by atoms with Crippen LogP contribution >= 0.6 is 0 Å². The molecule has 4 heteroatoms. The van der Waals surface area contributed by atoms with Crippen molar-refractivity contribution in [3.8, 4) is 27.9 Å². The van der Waals surface area contributed by atoms with E-state index >= 15 is 0 Å². The Hall–Kier alpha value is -6.23. The van der Waals surface area contributed by atoms with Gasteiger partial charge in [0.2, 0.25) is 0 Å². The minimum atomic E-state index is -0.105. The van der Waals surface area contributed by atoms with E-state index in [9.17, 15) is 0 Å². The van der Waals surface area contributed by atoms with E-state index in [-0.39, 0.29) is 11.6 Å². The van der Waals surface area contributed by atoms with Crippen molar-refractivity contribution in [3.63, 3.8) is 0 Å². The Balaban J connectivity index is 1.17. The van der Waals surface area contributed by atoms with Crippen LogP contribution in [0.4, 0.5) is 0 Å². The Morgan fingerprint density at radius 1 is 0.585 bits per heavy atom. The third-order valence-electron chi connectivity index (χ3n) is 11.4. The molecule has 2 heterocycles. The molecule has 1 aliphatic heterocycles. The van der Waals surface area contributed by atoms with Crippen molar-refractivity contribution in [2.45, 2.75) is 32.0 Å². The summed E-state index contributed by atoms with van der Waals surface area (Å²) in [6, 6.07) is 61.7. The Morgan fingerprint density at radius 2 is 1.28 bits per heavy atom. The van der Waals surface area contributed by atoms with Gasteiger partial charge in [-0.3, -0.25) is 10.0 Å². The molecule has 0 radical (unpaired) electrons. The molecule has 1 fully saturated rings. The molecule has 0 bridgehead atoms. The first-order valence-corrected chi connectivity index (χ1v) is 18.5. The van der Waals surface area contributed by atoms with Gasteiger partial charge in [0, 0.05) is 34.5 Å². The van der Waals surface area contributed by atoms with E-state index in [0.29, 0.717) is 6.54 Å². The molecule has 2 unspecified atom stereocenters. The van der Waals surface area contributed by atoms with Gasteiger partial charge in [-0.15, -0.1) is 0 Å². The predicted octanol–water partition coefficient (Wildman–Crippen LogP) is 11.6. The highest BCUT2D eigenvalue weighted by atomic mass is 15.9. The number of aliphatic imine (C=N–C) groups is 1. The van der Waals surface area contributed by atoms with E-state index in [1.807, 2.05) is 0 Å². The fourth-order valence-corrected chi connectivity index (χ4v) is 8.63. The Kier molecular flexibility index (Phi) is 7.24. The van der Waals surface area contributed by atoms with Gasteiger partial charge in [-0.25, -0.2) is 0 Å². The first kappa shape index (κ1) is 31.5. The quantitative estimate of drug-likeness (QED) is 0.0989. The van der Waals surface area contributed by atoms with Crippen molar-refractivity contribution in [1.29, 1.82) is 0 Å². The maximum Gasteiger partial charge on any atom is 0.147 e. The minimum Gasteiger partial charge on any atom is -0.309 e. The molecule has 0 N–H and O–H groups in total. The lowest BCUT2D eigenvalue weighted by molar-refractivity contribution is 0.478. The summed E-state index contributed by atoms with van der Waals surface area (Å²) >= 11 is 0. The number of fused-ring (bicyclic) bond motifs is 6. The van der Waals surface area contributed by atoms with Crippen LogP contribution in [0.5, 0.6) is 0 Å². The van der Waals surface area contributed by atoms with E-state index in [4.69, 9.17) is 4.99 Å². The molecule has 0 saturated carbocycles. The van der Waals surface area contributed by atoms with Crippen molar-refractivity contribution >= 4 is 27.6 Å². The molecule has 1 aromatic heterocycles. The average Bonchev–Trinajstić information content (AvgIpc) is 3.68. The molecular weight excluding hydrogens is 645 g/mol. The van der Waals surface area contributed by atoms with Crippen LogP contribution in [0.25, 0.3) is 49.7 Å². The van der Waals surface area contributed by atoms with Gasteiger partial charge in [-0.1, -0.05) is 147 Å². The minimum absolute atomic E-state index is 0.105. The molecule has 256 valence electrons. The summed E-state index contributed by atoms with van der Waals surface area (Å²) in [4.78, 5) is 5.33. The average molecular weight is 685 g/mol. The summed E-state index contributed by atoms with van der Waals surface area (Å²) in [6.07, 6.45) is 0.130. The van der Waals surface area contributed by atoms with E-state index in [2.05, 4.69) is 205 Å². The number of aromatic nitrogens is 1. The van der Waals surface area contributed by atoms with Crippen LogP contribution in [-0.2, 0) is 12.0 Å². The molecule has 0 amide bonds. The van der Waals surface area contributed by atoms with Crippen molar-refractivity contribution in [3.05, 3.63) is 198 Å². The van der Waals surface area contributed by atoms with Gasteiger partial charge in [0.15, 0.2) is 0 Å². The number of rotatable bonds is 6. The molecule has 7 aromatic carbocycles. The van der Waals surface area contributed by atoms with Gasteiger partial charge < -0.3 is 4.57 Å². The van der Waals surface area contributed by atoms with Crippen molar-refractivity contribution in [2.75, 3.05) is 7.05 Å². The number of hydrogen-bond acceptors (Lipinski definition) is 2. The molecule has 1 saturated heterocycles. The van der Waals surface area contributed by atoms with Crippen LogP contribution in [0.2, 0.25) is 0 Å². The van der Waals surface area contributed by atoms with Crippen molar-refractivity contribution in [2.24, 2.45) is 4.99 Å². The van der Waals surface area contributed by atoms with Gasteiger partial charge in [0.25, 0.3) is 0 Å². The standard InChI is InChI=1S/C49H40N4/c1-49(2)43-25-14-13-24-39(43)40-30-42-41-29-36(34-18-9-5-10-19-34)26-27-45(41)52(46(42)31-44(40)49)38-23-15-22-37(28-38)47(50-32-33-16-7-4-8-17-33)53-48(51(53)3)35-20-11-6-12-21-35/h4-31,48H,32H2,1-3H3. The molecule has 8 aromatic rings. The van der Waals surface area contributed by atoms with E-state index in [0.717, 1.165) is 17.1 Å². The van der Waals surface area contributed by atoms with E-state index in [1.54, 1.807) is 0 Å². The summed E-state index contributed by atoms with van der Waals surface area (Å²) in [5, 5.41) is 7.12. The first-order valence-electron chi connectivity index (χ1n) is 18.5. The van der Waals surface area contributed by atoms with Crippen LogP contribution in [-0.4, -0.2) is 27.5 Å². The maximum atomic E-state index is 5.33. The second kappa shape index (κ2) is 12.2. The van der Waals surface area contributed by atoms with Crippen LogP contribution in [0.3, 0.4) is 0 Å². The first-order chi connectivity index (χ1) is 26.0. The molecule has 4 nitrogen and oxygen atoms in total. The monoisotopic (exact) mass is 684 g/mol. The third-order valence-corrected chi connectivity index (χ3v) is 11.4. The zero-order valence-electron chi connectivity index (χ0n) is 30.2. The fourth-order valence-electron chi connectivity index (χ4n) is 8.63. The number of hydrogen-bond donors (Lipinski definition) is 0. The zero-order valence-corrected chi connectivity index (χ0v) is 30.2. The Bertz CT molecular complexity index is 2690.